The van der Waals surface area contributed by atoms with Crippen molar-refractivity contribution in [3.63, 3.8) is 0 Å². The van der Waals surface area contributed by atoms with Gasteiger partial charge in [0.2, 0.25) is 0 Å². The number of hydrogen-bond donors (Lipinski definition) is 1. The quantitative estimate of drug-likeness (QED) is 0.181. The highest BCUT2D eigenvalue weighted by molar-refractivity contribution is 6.22. The van der Waals surface area contributed by atoms with Gasteiger partial charge in [0.25, 0.3) is 0 Å². The van der Waals surface area contributed by atoms with Gasteiger partial charge in [-0.25, -0.2) is 0 Å². The second-order valence-corrected chi connectivity index (χ2v) is 14.4. The number of fused-ring (bicyclic) bond motifs is 5. The van der Waals surface area contributed by atoms with E-state index in [-0.39, 0.29) is 6.17 Å². The van der Waals surface area contributed by atoms with E-state index >= 15 is 0 Å². The number of aromatic nitrogens is 1. The maximum absolute atomic E-state index is 4.72. The zero-order valence-electron chi connectivity index (χ0n) is 30.0. The molecule has 10 aromatic rings. The fraction of sp³-hybridized carbons (Fsp3) is 0.0192. The molecule has 258 valence electrons. The standard InChI is InChI=1S/C52H35N3/c1-3-13-37-31-40(22-20-34(37)11-1)50-43-15-5-6-16-44(43)51(41-23-21-35-12-2-4-14-38(35)32-41)46-33-39(26-29-45(46)50)36-24-27-42(28-25-36)55-49-19-8-7-17-47(49)54-52(55)48-18-9-10-30-53-48/h1-33,52,54H. The van der Waals surface area contributed by atoms with E-state index in [0.717, 1.165) is 22.8 Å². The van der Waals surface area contributed by atoms with Crippen LogP contribution in [-0.4, -0.2) is 4.98 Å². The van der Waals surface area contributed by atoms with Crippen LogP contribution < -0.4 is 10.2 Å². The summed E-state index contributed by atoms with van der Waals surface area (Å²) in [5, 5.41) is 13.7. The molecule has 1 aliphatic rings. The molecule has 0 radical (unpaired) electrons. The van der Waals surface area contributed by atoms with Crippen LogP contribution in [0.1, 0.15) is 11.9 Å². The second-order valence-electron chi connectivity index (χ2n) is 14.4. The lowest BCUT2D eigenvalue weighted by molar-refractivity contribution is 0.793. The van der Waals surface area contributed by atoms with Crippen LogP contribution in [0.4, 0.5) is 17.1 Å². The summed E-state index contributed by atoms with van der Waals surface area (Å²) < 4.78 is 0. The average molecular weight is 702 g/mol. The molecule has 9 aromatic carbocycles. The molecule has 11 rings (SSSR count). The first kappa shape index (κ1) is 31.3. The van der Waals surface area contributed by atoms with E-state index in [1.807, 2.05) is 12.3 Å². The van der Waals surface area contributed by atoms with E-state index < -0.39 is 0 Å². The van der Waals surface area contributed by atoms with E-state index in [1.165, 1.54) is 76.5 Å². The second kappa shape index (κ2) is 12.7. The van der Waals surface area contributed by atoms with Gasteiger partial charge in [0, 0.05) is 11.9 Å². The van der Waals surface area contributed by atoms with Gasteiger partial charge in [0.1, 0.15) is 6.17 Å². The van der Waals surface area contributed by atoms with Crippen LogP contribution in [0.25, 0.3) is 76.5 Å². The van der Waals surface area contributed by atoms with Crippen molar-refractivity contribution in [3.05, 3.63) is 206 Å². The summed E-state index contributed by atoms with van der Waals surface area (Å²) in [4.78, 5) is 7.07. The van der Waals surface area contributed by atoms with Gasteiger partial charge in [-0.2, -0.15) is 0 Å². The molecule has 0 fully saturated rings. The van der Waals surface area contributed by atoms with E-state index in [0.29, 0.717) is 0 Å². The number of nitrogens with one attached hydrogen (secondary N) is 1. The third-order valence-electron chi connectivity index (χ3n) is 11.3. The van der Waals surface area contributed by atoms with Gasteiger partial charge in [0.05, 0.1) is 17.1 Å². The summed E-state index contributed by atoms with van der Waals surface area (Å²) in [5.74, 6) is 0. The largest absolute Gasteiger partial charge is 0.358 e. The first-order valence-electron chi connectivity index (χ1n) is 18.9. The molecule has 0 saturated carbocycles. The number of hydrogen-bond acceptors (Lipinski definition) is 3. The highest BCUT2D eigenvalue weighted by atomic mass is 15.3. The Morgan fingerprint density at radius 2 is 0.945 bits per heavy atom. The van der Waals surface area contributed by atoms with Gasteiger partial charge in [-0.05, 0) is 131 Å². The molecular weight excluding hydrogens is 667 g/mol. The summed E-state index contributed by atoms with van der Waals surface area (Å²) in [5.41, 5.74) is 11.7. The smallest absolute Gasteiger partial charge is 0.147 e. The Labute approximate surface area is 319 Å². The fourth-order valence-corrected chi connectivity index (χ4v) is 8.67. The van der Waals surface area contributed by atoms with Crippen LogP contribution >= 0.6 is 0 Å². The molecule has 1 atom stereocenters. The minimum absolute atomic E-state index is 0.101. The van der Waals surface area contributed by atoms with Gasteiger partial charge in [-0.3, -0.25) is 4.98 Å². The predicted molar refractivity (Wildman–Crippen MR) is 232 cm³/mol. The van der Waals surface area contributed by atoms with Gasteiger partial charge in [0.15, 0.2) is 0 Å². The van der Waals surface area contributed by atoms with Crippen molar-refractivity contribution >= 4 is 60.2 Å². The van der Waals surface area contributed by atoms with Crippen LogP contribution in [0.5, 0.6) is 0 Å². The number of rotatable bonds is 5. The van der Waals surface area contributed by atoms with Crippen molar-refractivity contribution in [1.82, 2.24) is 4.98 Å². The van der Waals surface area contributed by atoms with E-state index in [2.05, 4.69) is 198 Å². The third-order valence-corrected chi connectivity index (χ3v) is 11.3. The number of benzene rings is 9. The van der Waals surface area contributed by atoms with Gasteiger partial charge >= 0.3 is 0 Å². The Kier molecular flexibility index (Phi) is 7.24. The van der Waals surface area contributed by atoms with Crippen molar-refractivity contribution < 1.29 is 0 Å². The summed E-state index contributed by atoms with van der Waals surface area (Å²) in [6.07, 6.45) is 1.76. The Bertz CT molecular complexity index is 3080. The molecule has 1 aliphatic heterocycles. The van der Waals surface area contributed by atoms with Crippen LogP contribution in [0.3, 0.4) is 0 Å². The van der Waals surface area contributed by atoms with Gasteiger partial charge < -0.3 is 10.2 Å². The van der Waals surface area contributed by atoms with Crippen molar-refractivity contribution in [2.45, 2.75) is 6.17 Å². The first-order chi connectivity index (χ1) is 27.3. The molecule has 0 spiro atoms. The molecule has 1 unspecified atom stereocenters. The molecule has 3 heteroatoms. The van der Waals surface area contributed by atoms with Crippen molar-refractivity contribution in [2.24, 2.45) is 0 Å². The maximum atomic E-state index is 4.72. The van der Waals surface area contributed by atoms with Crippen LogP contribution in [-0.2, 0) is 0 Å². The molecule has 2 heterocycles. The fourth-order valence-electron chi connectivity index (χ4n) is 8.67. The van der Waals surface area contributed by atoms with Gasteiger partial charge in [-0.1, -0.05) is 140 Å². The Hall–Kier alpha value is -7.23. The lowest BCUT2D eigenvalue weighted by Gasteiger charge is -2.27. The van der Waals surface area contributed by atoms with E-state index in [9.17, 15) is 0 Å². The summed E-state index contributed by atoms with van der Waals surface area (Å²) in [7, 11) is 0. The van der Waals surface area contributed by atoms with Crippen molar-refractivity contribution in [1.29, 1.82) is 0 Å². The lowest BCUT2D eigenvalue weighted by Crippen LogP contribution is -2.24. The third kappa shape index (κ3) is 5.24. The summed E-state index contributed by atoms with van der Waals surface area (Å²) in [6, 6.07) is 70.7. The molecule has 55 heavy (non-hydrogen) atoms. The number of para-hydroxylation sites is 2. The SMILES string of the molecule is c1ccc(C2Nc3ccccc3N2c2ccc(-c3ccc4c(-c5ccc6ccccc6c5)c5ccccc5c(-c5ccc6ccccc6c5)c4c3)cc2)nc1. The molecule has 1 N–H and O–H groups in total. The number of nitrogens with zero attached hydrogens (tertiary/aromatic N) is 2. The molecule has 0 bridgehead atoms. The molecular formula is C52H35N3. The maximum Gasteiger partial charge on any atom is 0.147 e. The first-order valence-corrected chi connectivity index (χ1v) is 18.9. The van der Waals surface area contributed by atoms with Crippen LogP contribution in [0.15, 0.2) is 200 Å². The minimum atomic E-state index is -0.101. The van der Waals surface area contributed by atoms with Crippen LogP contribution in [0, 0.1) is 0 Å². The van der Waals surface area contributed by atoms with E-state index in [1.54, 1.807) is 0 Å². The monoisotopic (exact) mass is 701 g/mol. The highest BCUT2D eigenvalue weighted by Gasteiger charge is 2.31. The van der Waals surface area contributed by atoms with Gasteiger partial charge in [-0.15, -0.1) is 0 Å². The Balaban J connectivity index is 1.10. The zero-order chi connectivity index (χ0) is 36.3. The summed E-state index contributed by atoms with van der Waals surface area (Å²) >= 11 is 0. The normalized spacial score (nSPS) is 13.7. The zero-order valence-corrected chi connectivity index (χ0v) is 30.0. The Morgan fingerprint density at radius 3 is 1.62 bits per heavy atom. The average Bonchev–Trinajstić information content (AvgIpc) is 3.65. The molecule has 0 saturated heterocycles. The topological polar surface area (TPSA) is 28.2 Å². The molecule has 0 aliphatic carbocycles. The van der Waals surface area contributed by atoms with Crippen LogP contribution in [0.2, 0.25) is 0 Å². The summed E-state index contributed by atoms with van der Waals surface area (Å²) in [6.45, 7) is 0. The number of anilines is 3. The number of pyridine rings is 1. The predicted octanol–water partition coefficient (Wildman–Crippen LogP) is 14.0. The molecule has 0 amide bonds. The molecule has 1 aromatic heterocycles. The van der Waals surface area contributed by atoms with E-state index in [4.69, 9.17) is 4.98 Å². The van der Waals surface area contributed by atoms with Crippen molar-refractivity contribution in [2.75, 3.05) is 10.2 Å². The minimum Gasteiger partial charge on any atom is -0.358 e. The highest BCUT2D eigenvalue weighted by Crippen LogP contribution is 2.48. The molecule has 3 nitrogen and oxygen atoms in total. The van der Waals surface area contributed by atoms with Crippen molar-refractivity contribution in [3.8, 4) is 33.4 Å². The lowest BCUT2D eigenvalue weighted by atomic mass is 9.84. The Morgan fingerprint density at radius 1 is 0.400 bits per heavy atom.